The van der Waals surface area contributed by atoms with Gasteiger partial charge in [-0.15, -0.1) is 0 Å². The molecule has 1 aromatic carbocycles. The molecule has 2 nitrogen and oxygen atoms in total. The van der Waals surface area contributed by atoms with Crippen LogP contribution in [0.15, 0.2) is 30.5 Å². The third kappa shape index (κ3) is 2.18. The van der Waals surface area contributed by atoms with Crippen molar-refractivity contribution in [1.29, 1.82) is 0 Å². The Morgan fingerprint density at radius 2 is 2.00 bits per heavy atom. The van der Waals surface area contributed by atoms with E-state index in [1.807, 2.05) is 26.0 Å². The highest BCUT2D eigenvalue weighted by Gasteiger charge is 2.02. The molecule has 0 unspecified atom stereocenters. The van der Waals surface area contributed by atoms with E-state index in [2.05, 4.69) is 0 Å². The Labute approximate surface area is 77.5 Å². The molecule has 0 amide bonds. The molecule has 0 saturated carbocycles. The van der Waals surface area contributed by atoms with Crippen molar-refractivity contribution in [3.05, 3.63) is 47.2 Å². The van der Waals surface area contributed by atoms with Crippen LogP contribution in [-0.2, 0) is 0 Å². The van der Waals surface area contributed by atoms with Gasteiger partial charge in [-0.1, -0.05) is 12.1 Å². The number of hydrogen-bond donors (Lipinski definition) is 1. The molecule has 0 fully saturated rings. The Morgan fingerprint density at radius 1 is 1.31 bits per heavy atom. The summed E-state index contributed by atoms with van der Waals surface area (Å²) < 4.78 is 0. The van der Waals surface area contributed by atoms with Crippen molar-refractivity contribution in [2.45, 2.75) is 13.8 Å². The normalized spacial score (nSPS) is 10.6. The van der Waals surface area contributed by atoms with E-state index in [1.54, 1.807) is 6.07 Å². The Hall–Kier alpha value is -1.57. The van der Waals surface area contributed by atoms with Gasteiger partial charge in [0, 0.05) is 11.6 Å². The fourth-order valence-electron chi connectivity index (χ4n) is 1.06. The molecular weight excluding hydrogens is 164 g/mol. The Kier molecular flexibility index (Phi) is 2.85. The molecule has 0 aliphatic rings. The second-order valence-electron chi connectivity index (χ2n) is 2.98. The van der Waals surface area contributed by atoms with Crippen LogP contribution in [0.3, 0.4) is 0 Å². The molecule has 0 aliphatic carbocycles. The summed E-state index contributed by atoms with van der Waals surface area (Å²) in [6.07, 6.45) is 1.90. The standard InChI is InChI=1S/C11H12O2/c1-8-3-4-10(7-9(8)2)11(13)5-6-12/h3-7,12H,1-2H3/b6-5+. The summed E-state index contributed by atoms with van der Waals surface area (Å²) >= 11 is 0. The first-order chi connectivity index (χ1) is 6.15. The van der Waals surface area contributed by atoms with Gasteiger partial charge in [0.05, 0.1) is 6.26 Å². The maximum Gasteiger partial charge on any atom is 0.188 e. The van der Waals surface area contributed by atoms with Crippen LogP contribution in [0.4, 0.5) is 0 Å². The lowest BCUT2D eigenvalue weighted by molar-refractivity contribution is 0.104. The Bertz CT molecular complexity index is 351. The zero-order chi connectivity index (χ0) is 9.84. The van der Waals surface area contributed by atoms with Crippen LogP contribution in [0, 0.1) is 13.8 Å². The fraction of sp³-hybridized carbons (Fsp3) is 0.182. The lowest BCUT2D eigenvalue weighted by atomic mass is 10.0. The smallest absolute Gasteiger partial charge is 0.188 e. The lowest BCUT2D eigenvalue weighted by Gasteiger charge is -2.01. The van der Waals surface area contributed by atoms with Gasteiger partial charge in [-0.2, -0.15) is 0 Å². The van der Waals surface area contributed by atoms with E-state index in [4.69, 9.17) is 5.11 Å². The molecule has 68 valence electrons. The summed E-state index contributed by atoms with van der Waals surface area (Å²) in [5.41, 5.74) is 2.84. The SMILES string of the molecule is Cc1ccc(C(=O)/C=C/O)cc1C. The maximum absolute atomic E-state index is 11.3. The molecule has 0 atom stereocenters. The van der Waals surface area contributed by atoms with Crippen molar-refractivity contribution in [2.24, 2.45) is 0 Å². The van der Waals surface area contributed by atoms with Crippen LogP contribution < -0.4 is 0 Å². The molecule has 0 spiro atoms. The van der Waals surface area contributed by atoms with Crippen LogP contribution in [0.1, 0.15) is 21.5 Å². The monoisotopic (exact) mass is 176 g/mol. The van der Waals surface area contributed by atoms with E-state index in [0.29, 0.717) is 5.56 Å². The average molecular weight is 176 g/mol. The largest absolute Gasteiger partial charge is 0.515 e. The highest BCUT2D eigenvalue weighted by atomic mass is 16.2. The quantitative estimate of drug-likeness (QED) is 0.427. The molecule has 0 aliphatic heterocycles. The third-order valence-corrected chi connectivity index (χ3v) is 2.02. The van der Waals surface area contributed by atoms with Crippen molar-refractivity contribution in [2.75, 3.05) is 0 Å². The molecule has 1 rings (SSSR count). The van der Waals surface area contributed by atoms with Gasteiger partial charge in [0.25, 0.3) is 0 Å². The number of carbonyl (C=O) groups excluding carboxylic acids is 1. The number of allylic oxidation sites excluding steroid dienone is 1. The second kappa shape index (κ2) is 3.90. The number of aliphatic hydroxyl groups is 1. The average Bonchev–Trinajstić information content (AvgIpc) is 2.10. The van der Waals surface area contributed by atoms with E-state index in [-0.39, 0.29) is 5.78 Å². The van der Waals surface area contributed by atoms with E-state index >= 15 is 0 Å². The summed E-state index contributed by atoms with van der Waals surface area (Å²) in [6.45, 7) is 3.94. The highest BCUT2D eigenvalue weighted by Crippen LogP contribution is 2.10. The van der Waals surface area contributed by atoms with E-state index in [1.165, 1.54) is 0 Å². The van der Waals surface area contributed by atoms with Crippen LogP contribution in [0.25, 0.3) is 0 Å². The summed E-state index contributed by atoms with van der Waals surface area (Å²) in [4.78, 5) is 11.3. The second-order valence-corrected chi connectivity index (χ2v) is 2.98. The lowest BCUT2D eigenvalue weighted by Crippen LogP contribution is -1.95. The van der Waals surface area contributed by atoms with Gasteiger partial charge >= 0.3 is 0 Å². The summed E-state index contributed by atoms with van der Waals surface area (Å²) in [6, 6.07) is 5.47. The number of benzene rings is 1. The number of aliphatic hydroxyl groups excluding tert-OH is 1. The van der Waals surface area contributed by atoms with Crippen LogP contribution in [-0.4, -0.2) is 10.9 Å². The van der Waals surface area contributed by atoms with E-state index < -0.39 is 0 Å². The van der Waals surface area contributed by atoms with Crippen molar-refractivity contribution >= 4 is 5.78 Å². The Balaban J connectivity index is 3.04. The molecule has 0 aromatic heterocycles. The minimum atomic E-state index is -0.175. The molecule has 2 heteroatoms. The van der Waals surface area contributed by atoms with Crippen molar-refractivity contribution in [3.8, 4) is 0 Å². The minimum Gasteiger partial charge on any atom is -0.515 e. The minimum absolute atomic E-state index is 0.175. The maximum atomic E-state index is 11.3. The van der Waals surface area contributed by atoms with Crippen LogP contribution >= 0.6 is 0 Å². The van der Waals surface area contributed by atoms with Crippen LogP contribution in [0.2, 0.25) is 0 Å². The first kappa shape index (κ1) is 9.52. The van der Waals surface area contributed by atoms with E-state index in [0.717, 1.165) is 23.5 Å². The molecule has 1 N–H and O–H groups in total. The molecule has 0 heterocycles. The molecule has 0 bridgehead atoms. The predicted octanol–water partition coefficient (Wildman–Crippen LogP) is 2.56. The van der Waals surface area contributed by atoms with E-state index in [9.17, 15) is 4.79 Å². The zero-order valence-electron chi connectivity index (χ0n) is 7.74. The van der Waals surface area contributed by atoms with Gasteiger partial charge in [-0.25, -0.2) is 0 Å². The third-order valence-electron chi connectivity index (χ3n) is 2.02. The highest BCUT2D eigenvalue weighted by molar-refractivity contribution is 6.04. The number of carbonyl (C=O) groups is 1. The first-order valence-electron chi connectivity index (χ1n) is 4.07. The molecule has 1 aromatic rings. The number of hydrogen-bond acceptors (Lipinski definition) is 2. The molecule has 13 heavy (non-hydrogen) atoms. The van der Waals surface area contributed by atoms with Gasteiger partial charge in [0.2, 0.25) is 0 Å². The van der Waals surface area contributed by atoms with Crippen molar-refractivity contribution < 1.29 is 9.90 Å². The van der Waals surface area contributed by atoms with Gasteiger partial charge in [0.1, 0.15) is 0 Å². The molecule has 0 radical (unpaired) electrons. The topological polar surface area (TPSA) is 37.3 Å². The van der Waals surface area contributed by atoms with Gasteiger partial charge < -0.3 is 5.11 Å². The van der Waals surface area contributed by atoms with Crippen LogP contribution in [0.5, 0.6) is 0 Å². The van der Waals surface area contributed by atoms with Gasteiger partial charge in [0.15, 0.2) is 5.78 Å². The molecular formula is C11H12O2. The van der Waals surface area contributed by atoms with Crippen molar-refractivity contribution in [1.82, 2.24) is 0 Å². The first-order valence-corrected chi connectivity index (χ1v) is 4.07. The predicted molar refractivity (Wildman–Crippen MR) is 52.0 cm³/mol. The fourth-order valence-corrected chi connectivity index (χ4v) is 1.06. The molecule has 0 saturated heterocycles. The van der Waals surface area contributed by atoms with Crippen molar-refractivity contribution in [3.63, 3.8) is 0 Å². The Morgan fingerprint density at radius 3 is 2.54 bits per heavy atom. The van der Waals surface area contributed by atoms with Gasteiger partial charge in [-0.3, -0.25) is 4.79 Å². The number of aryl methyl sites for hydroxylation is 2. The summed E-state index contributed by atoms with van der Waals surface area (Å²) in [5.74, 6) is -0.175. The number of rotatable bonds is 2. The summed E-state index contributed by atoms with van der Waals surface area (Å²) in [7, 11) is 0. The summed E-state index contributed by atoms with van der Waals surface area (Å²) in [5, 5.41) is 8.42. The van der Waals surface area contributed by atoms with Gasteiger partial charge in [-0.05, 0) is 31.0 Å². The number of ketones is 1. The zero-order valence-corrected chi connectivity index (χ0v) is 7.74.